The zero-order chi connectivity index (χ0) is 20.9. The Labute approximate surface area is 176 Å². The Balaban J connectivity index is 1.68. The van der Waals surface area contributed by atoms with Crippen molar-refractivity contribution in [3.63, 3.8) is 0 Å². The number of hydrogen-bond acceptors (Lipinski definition) is 3. The zero-order valence-corrected chi connectivity index (χ0v) is 17.6. The number of sulfonamides is 1. The molecular weight excluding hydrogens is 394 g/mol. The summed E-state index contributed by atoms with van der Waals surface area (Å²) < 4.78 is 28.7. The van der Waals surface area contributed by atoms with E-state index in [9.17, 15) is 8.42 Å². The van der Waals surface area contributed by atoms with Crippen LogP contribution in [-0.4, -0.2) is 18.6 Å². The molecule has 30 heavy (non-hydrogen) atoms. The van der Waals surface area contributed by atoms with E-state index < -0.39 is 10.0 Å². The molecule has 0 amide bonds. The van der Waals surface area contributed by atoms with Crippen LogP contribution in [0.4, 0.5) is 5.69 Å². The number of aromatic nitrogens is 2. The number of nitrogens with one attached hydrogen (secondary N) is 1. The first-order chi connectivity index (χ1) is 14.4. The summed E-state index contributed by atoms with van der Waals surface area (Å²) in [5, 5.41) is 7.69. The molecule has 0 bridgehead atoms. The van der Waals surface area contributed by atoms with Crippen LogP contribution in [0.3, 0.4) is 0 Å². The van der Waals surface area contributed by atoms with Crippen molar-refractivity contribution in [3.8, 4) is 22.5 Å². The lowest BCUT2D eigenvalue weighted by molar-refractivity contribution is 0.590. The molecular formula is C24H21N3O2S. The number of rotatable bonds is 3. The number of fused-ring (bicyclic) bond motifs is 3. The van der Waals surface area contributed by atoms with Crippen molar-refractivity contribution in [2.75, 3.05) is 4.31 Å². The Bertz CT molecular complexity index is 1340. The SMILES string of the molecule is Cc1ccc(-c2n[nH]c3c2CN(S(=O)(=O)c2ccc(C)cc2)c2ccccc2-3)cc1. The number of nitrogens with zero attached hydrogens (tertiary/aromatic N) is 2. The number of para-hydroxylation sites is 1. The van der Waals surface area contributed by atoms with E-state index in [0.717, 1.165) is 39.2 Å². The van der Waals surface area contributed by atoms with Crippen LogP contribution in [0.1, 0.15) is 16.7 Å². The molecule has 4 aromatic rings. The van der Waals surface area contributed by atoms with Gasteiger partial charge in [0.25, 0.3) is 10.0 Å². The molecule has 1 aromatic heterocycles. The van der Waals surface area contributed by atoms with Crippen molar-refractivity contribution in [2.45, 2.75) is 25.3 Å². The van der Waals surface area contributed by atoms with E-state index in [1.54, 1.807) is 12.1 Å². The summed E-state index contributed by atoms with van der Waals surface area (Å²) >= 11 is 0. The van der Waals surface area contributed by atoms with E-state index >= 15 is 0 Å². The first-order valence-electron chi connectivity index (χ1n) is 9.78. The fourth-order valence-electron chi connectivity index (χ4n) is 3.88. The highest BCUT2D eigenvalue weighted by atomic mass is 32.2. The van der Waals surface area contributed by atoms with Crippen molar-refractivity contribution in [3.05, 3.63) is 89.5 Å². The second kappa shape index (κ2) is 6.85. The third-order valence-electron chi connectivity index (χ3n) is 5.54. The van der Waals surface area contributed by atoms with Crippen LogP contribution < -0.4 is 4.31 Å². The Kier molecular flexibility index (Phi) is 4.25. The normalized spacial score (nSPS) is 13.1. The second-order valence-corrected chi connectivity index (χ2v) is 9.50. The zero-order valence-electron chi connectivity index (χ0n) is 16.8. The summed E-state index contributed by atoms with van der Waals surface area (Å²) in [5.74, 6) is 0. The molecule has 0 unspecified atom stereocenters. The molecule has 1 aliphatic rings. The van der Waals surface area contributed by atoms with Crippen LogP contribution in [0.15, 0.2) is 77.7 Å². The van der Waals surface area contributed by atoms with E-state index in [4.69, 9.17) is 0 Å². The van der Waals surface area contributed by atoms with Crippen molar-refractivity contribution in [1.82, 2.24) is 10.2 Å². The quantitative estimate of drug-likeness (QED) is 0.508. The van der Waals surface area contributed by atoms with E-state index in [1.807, 2.05) is 74.5 Å². The summed E-state index contributed by atoms with van der Waals surface area (Å²) in [6, 6.07) is 22.6. The van der Waals surface area contributed by atoms with Gasteiger partial charge in [0.1, 0.15) is 0 Å². The van der Waals surface area contributed by atoms with Gasteiger partial charge in [-0.2, -0.15) is 5.10 Å². The monoisotopic (exact) mass is 415 g/mol. The molecule has 1 N–H and O–H groups in total. The Morgan fingerprint density at radius 2 is 1.50 bits per heavy atom. The predicted molar refractivity (Wildman–Crippen MR) is 119 cm³/mol. The van der Waals surface area contributed by atoms with E-state index in [2.05, 4.69) is 10.2 Å². The molecule has 0 spiro atoms. The molecule has 5 nitrogen and oxygen atoms in total. The van der Waals surface area contributed by atoms with E-state index in [-0.39, 0.29) is 11.4 Å². The van der Waals surface area contributed by atoms with Crippen LogP contribution in [-0.2, 0) is 16.6 Å². The fourth-order valence-corrected chi connectivity index (χ4v) is 5.33. The van der Waals surface area contributed by atoms with Crippen molar-refractivity contribution >= 4 is 15.7 Å². The highest BCUT2D eigenvalue weighted by Crippen LogP contribution is 2.43. The maximum atomic E-state index is 13.6. The molecule has 0 aliphatic carbocycles. The lowest BCUT2D eigenvalue weighted by atomic mass is 9.97. The molecule has 0 saturated heterocycles. The molecule has 2 heterocycles. The first-order valence-corrected chi connectivity index (χ1v) is 11.2. The standard InChI is InChI=1S/C24H21N3O2S/c1-16-7-11-18(12-8-16)23-21-15-27(30(28,29)19-13-9-17(2)10-14-19)22-6-4-3-5-20(22)24(21)26-25-23/h3-14H,15H2,1-2H3,(H,25,26). The largest absolute Gasteiger partial charge is 0.277 e. The maximum absolute atomic E-state index is 13.6. The van der Waals surface area contributed by atoms with Crippen LogP contribution in [0.25, 0.3) is 22.5 Å². The predicted octanol–water partition coefficient (Wildman–Crippen LogP) is 5.07. The molecule has 0 saturated carbocycles. The molecule has 150 valence electrons. The molecule has 5 rings (SSSR count). The highest BCUT2D eigenvalue weighted by Gasteiger charge is 2.34. The first kappa shape index (κ1) is 18.6. The summed E-state index contributed by atoms with van der Waals surface area (Å²) in [6.45, 7) is 4.20. The van der Waals surface area contributed by atoms with Crippen LogP contribution in [0.2, 0.25) is 0 Å². The van der Waals surface area contributed by atoms with Gasteiger partial charge in [-0.1, -0.05) is 65.7 Å². The minimum absolute atomic E-state index is 0.224. The number of anilines is 1. The second-order valence-electron chi connectivity index (χ2n) is 7.63. The topological polar surface area (TPSA) is 66.1 Å². The number of H-pyrrole nitrogens is 1. The average Bonchev–Trinajstić information content (AvgIpc) is 3.18. The smallest absolute Gasteiger partial charge is 0.264 e. The maximum Gasteiger partial charge on any atom is 0.264 e. The molecule has 0 fully saturated rings. The minimum Gasteiger partial charge on any atom is -0.277 e. The average molecular weight is 416 g/mol. The number of benzene rings is 3. The van der Waals surface area contributed by atoms with Gasteiger partial charge in [-0.05, 0) is 32.0 Å². The van der Waals surface area contributed by atoms with Crippen LogP contribution in [0.5, 0.6) is 0 Å². The van der Waals surface area contributed by atoms with Crippen molar-refractivity contribution < 1.29 is 8.42 Å². The molecule has 0 atom stereocenters. The van der Waals surface area contributed by atoms with E-state index in [1.165, 1.54) is 4.31 Å². The molecule has 3 aromatic carbocycles. The minimum atomic E-state index is -3.73. The summed E-state index contributed by atoms with van der Waals surface area (Å²) in [4.78, 5) is 0.284. The number of hydrogen-bond donors (Lipinski definition) is 1. The lowest BCUT2D eigenvalue weighted by Crippen LogP contribution is -2.33. The van der Waals surface area contributed by atoms with Crippen LogP contribution >= 0.6 is 0 Å². The number of aryl methyl sites for hydroxylation is 2. The van der Waals surface area contributed by atoms with Crippen LogP contribution in [0, 0.1) is 13.8 Å². The van der Waals surface area contributed by atoms with Gasteiger partial charge < -0.3 is 0 Å². The summed E-state index contributed by atoms with van der Waals surface area (Å²) in [5.41, 5.74) is 7.17. The number of aromatic amines is 1. The fraction of sp³-hybridized carbons (Fsp3) is 0.125. The molecule has 0 radical (unpaired) electrons. The Morgan fingerprint density at radius 3 is 2.20 bits per heavy atom. The van der Waals surface area contributed by atoms with Gasteiger partial charge in [-0.25, -0.2) is 8.42 Å². The third kappa shape index (κ3) is 2.92. The summed E-state index contributed by atoms with van der Waals surface area (Å²) in [7, 11) is -3.73. The highest BCUT2D eigenvalue weighted by molar-refractivity contribution is 7.92. The Hall–Kier alpha value is -3.38. The van der Waals surface area contributed by atoms with E-state index in [0.29, 0.717) is 5.69 Å². The van der Waals surface area contributed by atoms with Gasteiger partial charge in [0, 0.05) is 16.7 Å². The third-order valence-corrected chi connectivity index (χ3v) is 7.32. The van der Waals surface area contributed by atoms with Gasteiger partial charge in [-0.3, -0.25) is 9.40 Å². The lowest BCUT2D eigenvalue weighted by Gasteiger charge is -2.30. The van der Waals surface area contributed by atoms with Gasteiger partial charge in [0.2, 0.25) is 0 Å². The van der Waals surface area contributed by atoms with Gasteiger partial charge in [0.15, 0.2) is 0 Å². The van der Waals surface area contributed by atoms with Gasteiger partial charge >= 0.3 is 0 Å². The van der Waals surface area contributed by atoms with Gasteiger partial charge in [0.05, 0.1) is 28.5 Å². The Morgan fingerprint density at radius 1 is 0.867 bits per heavy atom. The molecule has 6 heteroatoms. The van der Waals surface area contributed by atoms with Crippen molar-refractivity contribution in [2.24, 2.45) is 0 Å². The van der Waals surface area contributed by atoms with Gasteiger partial charge in [-0.15, -0.1) is 0 Å². The van der Waals surface area contributed by atoms with Crippen molar-refractivity contribution in [1.29, 1.82) is 0 Å². The molecule has 1 aliphatic heterocycles. The summed E-state index contributed by atoms with van der Waals surface area (Å²) in [6.07, 6.45) is 0.